The van der Waals surface area contributed by atoms with E-state index < -0.39 is 0 Å². The van der Waals surface area contributed by atoms with Gasteiger partial charge < -0.3 is 5.32 Å². The Morgan fingerprint density at radius 2 is 2.25 bits per heavy atom. The lowest BCUT2D eigenvalue weighted by Crippen LogP contribution is -2.25. The number of piperidine rings is 1. The topological polar surface area (TPSA) is 12.0 Å². The van der Waals surface area contributed by atoms with Crippen LogP contribution in [0.2, 0.25) is 0 Å². The van der Waals surface area contributed by atoms with Gasteiger partial charge in [-0.2, -0.15) is 0 Å². The second kappa shape index (κ2) is 1.47. The molecule has 1 heteroatoms. The Balaban J connectivity index is 2.16. The Bertz CT molecular complexity index is 80.6. The molecule has 1 heterocycles. The average Bonchev–Trinajstić information content (AvgIpc) is 2.29. The van der Waals surface area contributed by atoms with Gasteiger partial charge in [0, 0.05) is 6.04 Å². The van der Waals surface area contributed by atoms with E-state index in [0.717, 1.165) is 17.9 Å². The molecule has 3 unspecified atom stereocenters. The van der Waals surface area contributed by atoms with Crippen LogP contribution < -0.4 is 5.32 Å². The van der Waals surface area contributed by atoms with Gasteiger partial charge in [-0.15, -0.1) is 0 Å². The van der Waals surface area contributed by atoms with E-state index in [2.05, 4.69) is 12.2 Å². The Morgan fingerprint density at radius 1 is 1.38 bits per heavy atom. The molecule has 0 spiro atoms. The summed E-state index contributed by atoms with van der Waals surface area (Å²) in [5.74, 6) is 2.01. The second-order valence-electron chi connectivity index (χ2n) is 3.21. The van der Waals surface area contributed by atoms with Gasteiger partial charge in [0.15, 0.2) is 0 Å². The maximum atomic E-state index is 3.51. The molecule has 1 saturated carbocycles. The molecule has 0 aromatic carbocycles. The first kappa shape index (κ1) is 4.80. The summed E-state index contributed by atoms with van der Waals surface area (Å²) < 4.78 is 0. The van der Waals surface area contributed by atoms with Gasteiger partial charge in [-0.1, -0.05) is 6.92 Å². The average molecular weight is 111 g/mol. The number of rotatable bonds is 0. The van der Waals surface area contributed by atoms with Crippen LogP contribution in [0.15, 0.2) is 0 Å². The van der Waals surface area contributed by atoms with E-state index in [1.807, 2.05) is 0 Å². The maximum absolute atomic E-state index is 3.51. The first-order valence-corrected chi connectivity index (χ1v) is 3.61. The summed E-state index contributed by atoms with van der Waals surface area (Å²) in [6.45, 7) is 3.67. The van der Waals surface area contributed by atoms with Crippen LogP contribution in [0.25, 0.3) is 0 Å². The zero-order valence-electron chi connectivity index (χ0n) is 5.35. The largest absolute Gasteiger partial charge is 0.313 e. The zero-order chi connectivity index (χ0) is 5.56. The van der Waals surface area contributed by atoms with E-state index in [4.69, 9.17) is 0 Å². The first-order valence-electron chi connectivity index (χ1n) is 3.61. The smallest absolute Gasteiger partial charge is 0.00960 e. The molecule has 3 atom stereocenters. The quantitative estimate of drug-likeness (QED) is 0.492. The van der Waals surface area contributed by atoms with Gasteiger partial charge in [0.25, 0.3) is 0 Å². The van der Waals surface area contributed by atoms with Crippen molar-refractivity contribution in [3.05, 3.63) is 0 Å². The highest BCUT2D eigenvalue weighted by Crippen LogP contribution is 2.35. The van der Waals surface area contributed by atoms with Crippen molar-refractivity contribution in [3.8, 4) is 0 Å². The van der Waals surface area contributed by atoms with Crippen LogP contribution in [-0.4, -0.2) is 12.6 Å². The highest BCUT2D eigenvalue weighted by molar-refractivity contribution is 4.94. The fourth-order valence-corrected chi connectivity index (χ4v) is 2.13. The van der Waals surface area contributed by atoms with E-state index in [-0.39, 0.29) is 0 Å². The highest BCUT2D eigenvalue weighted by Gasteiger charge is 2.37. The van der Waals surface area contributed by atoms with Crippen LogP contribution in [0.5, 0.6) is 0 Å². The maximum Gasteiger partial charge on any atom is 0.00960 e. The summed E-state index contributed by atoms with van der Waals surface area (Å²) in [7, 11) is 0. The van der Waals surface area contributed by atoms with Crippen LogP contribution in [0.3, 0.4) is 0 Å². The van der Waals surface area contributed by atoms with Crippen LogP contribution in [-0.2, 0) is 0 Å². The van der Waals surface area contributed by atoms with Gasteiger partial charge in [-0.05, 0) is 31.2 Å². The molecule has 8 heavy (non-hydrogen) atoms. The molecule has 0 amide bonds. The van der Waals surface area contributed by atoms with E-state index in [9.17, 15) is 0 Å². The minimum atomic E-state index is 0.889. The lowest BCUT2D eigenvalue weighted by Gasteiger charge is -2.08. The van der Waals surface area contributed by atoms with Crippen molar-refractivity contribution in [3.63, 3.8) is 0 Å². The van der Waals surface area contributed by atoms with Crippen molar-refractivity contribution in [1.82, 2.24) is 5.32 Å². The Kier molecular flexibility index (Phi) is 0.884. The van der Waals surface area contributed by atoms with Gasteiger partial charge in [0.05, 0.1) is 0 Å². The van der Waals surface area contributed by atoms with Crippen LogP contribution in [0.1, 0.15) is 19.8 Å². The Labute approximate surface area is 50.5 Å². The third kappa shape index (κ3) is 0.455. The molecule has 0 aromatic heterocycles. The predicted octanol–water partition coefficient (Wildman–Crippen LogP) is 1.00. The van der Waals surface area contributed by atoms with E-state index in [0.29, 0.717) is 0 Å². The van der Waals surface area contributed by atoms with Crippen LogP contribution in [0, 0.1) is 11.8 Å². The third-order valence-corrected chi connectivity index (χ3v) is 2.87. The molecule has 2 fully saturated rings. The molecular formula is C7H13N. The molecule has 1 aliphatic carbocycles. The van der Waals surface area contributed by atoms with Gasteiger partial charge in [0.2, 0.25) is 0 Å². The number of nitrogens with one attached hydrogen (secondary N) is 1. The zero-order valence-corrected chi connectivity index (χ0v) is 5.35. The van der Waals surface area contributed by atoms with Crippen LogP contribution >= 0.6 is 0 Å². The number of hydrogen-bond acceptors (Lipinski definition) is 1. The molecule has 0 aromatic rings. The molecule has 2 bridgehead atoms. The summed E-state index contributed by atoms with van der Waals surface area (Å²) in [6.07, 6.45) is 2.92. The van der Waals surface area contributed by atoms with Crippen molar-refractivity contribution in [2.45, 2.75) is 25.8 Å². The SMILES string of the molecule is CC1C2CCC1NC2. The number of fused-ring (bicyclic) bond motifs is 2. The van der Waals surface area contributed by atoms with Gasteiger partial charge >= 0.3 is 0 Å². The molecule has 1 aliphatic heterocycles. The Morgan fingerprint density at radius 3 is 2.38 bits per heavy atom. The van der Waals surface area contributed by atoms with E-state index in [1.54, 1.807) is 0 Å². The minimum Gasteiger partial charge on any atom is -0.313 e. The summed E-state index contributed by atoms with van der Waals surface area (Å²) in [6, 6.07) is 0.889. The van der Waals surface area contributed by atoms with Crippen LogP contribution in [0.4, 0.5) is 0 Å². The summed E-state index contributed by atoms with van der Waals surface area (Å²) in [4.78, 5) is 0. The van der Waals surface area contributed by atoms with E-state index >= 15 is 0 Å². The first-order chi connectivity index (χ1) is 3.88. The van der Waals surface area contributed by atoms with Crippen molar-refractivity contribution in [1.29, 1.82) is 0 Å². The molecule has 46 valence electrons. The van der Waals surface area contributed by atoms with Crippen molar-refractivity contribution < 1.29 is 0 Å². The fraction of sp³-hybridized carbons (Fsp3) is 1.00. The molecule has 2 aliphatic rings. The molecule has 2 rings (SSSR count). The molecule has 1 saturated heterocycles. The lowest BCUT2D eigenvalue weighted by atomic mass is 10.0. The van der Waals surface area contributed by atoms with Gasteiger partial charge in [-0.25, -0.2) is 0 Å². The molecule has 1 nitrogen and oxygen atoms in total. The molecular weight excluding hydrogens is 98.1 g/mol. The lowest BCUT2D eigenvalue weighted by molar-refractivity contribution is 0.488. The highest BCUT2D eigenvalue weighted by atomic mass is 15.0. The molecule has 1 N–H and O–H groups in total. The standard InChI is InChI=1S/C7H13N/c1-5-6-2-3-7(5)8-4-6/h5-8H,2-4H2,1H3. The summed E-state index contributed by atoms with van der Waals surface area (Å²) in [5.41, 5.74) is 0. The minimum absolute atomic E-state index is 0.889. The van der Waals surface area contributed by atoms with Gasteiger partial charge in [0.1, 0.15) is 0 Å². The predicted molar refractivity (Wildman–Crippen MR) is 33.7 cm³/mol. The normalized spacial score (nSPS) is 52.9. The summed E-state index contributed by atoms with van der Waals surface area (Å²) in [5, 5.41) is 3.51. The van der Waals surface area contributed by atoms with Crippen molar-refractivity contribution in [2.24, 2.45) is 11.8 Å². The second-order valence-corrected chi connectivity index (χ2v) is 3.21. The fourth-order valence-electron chi connectivity index (χ4n) is 2.13. The number of hydrogen-bond donors (Lipinski definition) is 1. The van der Waals surface area contributed by atoms with Gasteiger partial charge in [-0.3, -0.25) is 0 Å². The Hall–Kier alpha value is -0.0400. The van der Waals surface area contributed by atoms with Crippen molar-refractivity contribution >= 4 is 0 Å². The monoisotopic (exact) mass is 111 g/mol. The van der Waals surface area contributed by atoms with E-state index in [1.165, 1.54) is 19.4 Å². The third-order valence-electron chi connectivity index (χ3n) is 2.87. The molecule has 0 radical (unpaired) electrons. The van der Waals surface area contributed by atoms with Crippen molar-refractivity contribution in [2.75, 3.05) is 6.54 Å². The summed E-state index contributed by atoms with van der Waals surface area (Å²) >= 11 is 0.